The SMILES string of the molecule is CCC=C(C)c1cccc2ccccc12. The van der Waals surface area contributed by atoms with E-state index in [0.717, 1.165) is 6.42 Å². The second kappa shape index (κ2) is 4.31. The highest BCUT2D eigenvalue weighted by molar-refractivity contribution is 5.93. The van der Waals surface area contributed by atoms with Crippen LogP contribution in [0.4, 0.5) is 0 Å². The maximum atomic E-state index is 2.28. The molecule has 2 aromatic carbocycles. The Morgan fingerprint density at radius 3 is 2.60 bits per heavy atom. The molecular weight excluding hydrogens is 180 g/mol. The summed E-state index contributed by atoms with van der Waals surface area (Å²) in [6.45, 7) is 4.36. The fourth-order valence-corrected chi connectivity index (χ4v) is 1.99. The first kappa shape index (κ1) is 9.97. The average molecular weight is 196 g/mol. The lowest BCUT2D eigenvalue weighted by atomic mass is 9.99. The van der Waals surface area contributed by atoms with E-state index in [1.807, 2.05) is 0 Å². The van der Waals surface area contributed by atoms with Gasteiger partial charge >= 0.3 is 0 Å². The topological polar surface area (TPSA) is 0 Å². The quantitative estimate of drug-likeness (QED) is 0.655. The molecule has 0 aliphatic carbocycles. The number of rotatable bonds is 2. The van der Waals surface area contributed by atoms with Crippen molar-refractivity contribution in [1.29, 1.82) is 0 Å². The molecule has 0 saturated carbocycles. The van der Waals surface area contributed by atoms with Crippen molar-refractivity contribution in [3.63, 3.8) is 0 Å². The van der Waals surface area contributed by atoms with Crippen molar-refractivity contribution in [3.8, 4) is 0 Å². The van der Waals surface area contributed by atoms with E-state index in [2.05, 4.69) is 62.4 Å². The highest BCUT2D eigenvalue weighted by Crippen LogP contribution is 2.24. The Balaban J connectivity index is 2.66. The van der Waals surface area contributed by atoms with Crippen molar-refractivity contribution in [2.24, 2.45) is 0 Å². The number of hydrogen-bond donors (Lipinski definition) is 0. The zero-order valence-corrected chi connectivity index (χ0v) is 9.33. The average Bonchev–Trinajstić information content (AvgIpc) is 2.28. The van der Waals surface area contributed by atoms with Crippen molar-refractivity contribution in [3.05, 3.63) is 54.1 Å². The van der Waals surface area contributed by atoms with E-state index in [1.165, 1.54) is 21.9 Å². The first-order valence-electron chi connectivity index (χ1n) is 5.48. The lowest BCUT2D eigenvalue weighted by molar-refractivity contribution is 1.22. The minimum Gasteiger partial charge on any atom is -0.0813 e. The Morgan fingerprint density at radius 1 is 1.07 bits per heavy atom. The van der Waals surface area contributed by atoms with Gasteiger partial charge in [0.05, 0.1) is 0 Å². The van der Waals surface area contributed by atoms with Gasteiger partial charge in [-0.2, -0.15) is 0 Å². The van der Waals surface area contributed by atoms with Crippen molar-refractivity contribution >= 4 is 16.3 Å². The van der Waals surface area contributed by atoms with Gasteiger partial charge in [-0.3, -0.25) is 0 Å². The molecular formula is C15H16. The van der Waals surface area contributed by atoms with Crippen LogP contribution in [0.2, 0.25) is 0 Å². The van der Waals surface area contributed by atoms with Crippen LogP contribution in [0.15, 0.2) is 48.5 Å². The van der Waals surface area contributed by atoms with E-state index < -0.39 is 0 Å². The van der Waals surface area contributed by atoms with Crippen LogP contribution < -0.4 is 0 Å². The second-order valence-corrected chi connectivity index (χ2v) is 3.82. The third kappa shape index (κ3) is 1.94. The molecule has 0 nitrogen and oxygen atoms in total. The standard InChI is InChI=1S/C15H16/c1-3-7-12(2)14-11-6-9-13-8-4-5-10-15(13)14/h4-11H,3H2,1-2H3. The fourth-order valence-electron chi connectivity index (χ4n) is 1.99. The Hall–Kier alpha value is -1.56. The predicted octanol–water partition coefficient (Wildman–Crippen LogP) is 4.65. The molecule has 0 spiro atoms. The summed E-state index contributed by atoms with van der Waals surface area (Å²) in [7, 11) is 0. The van der Waals surface area contributed by atoms with Crippen molar-refractivity contribution in [2.45, 2.75) is 20.3 Å². The van der Waals surface area contributed by atoms with Gasteiger partial charge in [-0.25, -0.2) is 0 Å². The Labute approximate surface area is 91.2 Å². The third-order valence-corrected chi connectivity index (χ3v) is 2.72. The number of hydrogen-bond acceptors (Lipinski definition) is 0. The van der Waals surface area contributed by atoms with Crippen LogP contribution in [-0.4, -0.2) is 0 Å². The van der Waals surface area contributed by atoms with E-state index >= 15 is 0 Å². The molecule has 0 fully saturated rings. The monoisotopic (exact) mass is 196 g/mol. The lowest BCUT2D eigenvalue weighted by Crippen LogP contribution is -1.82. The highest BCUT2D eigenvalue weighted by atomic mass is 14.0. The first-order valence-corrected chi connectivity index (χ1v) is 5.48. The van der Waals surface area contributed by atoms with Crippen LogP contribution in [0.3, 0.4) is 0 Å². The molecule has 0 heterocycles. The summed E-state index contributed by atoms with van der Waals surface area (Å²) >= 11 is 0. The van der Waals surface area contributed by atoms with Crippen molar-refractivity contribution in [2.75, 3.05) is 0 Å². The summed E-state index contributed by atoms with van der Waals surface area (Å²) in [6, 6.07) is 15.0. The van der Waals surface area contributed by atoms with Gasteiger partial charge in [0.15, 0.2) is 0 Å². The van der Waals surface area contributed by atoms with Crippen LogP contribution in [-0.2, 0) is 0 Å². The third-order valence-electron chi connectivity index (χ3n) is 2.72. The summed E-state index contributed by atoms with van der Waals surface area (Å²) < 4.78 is 0. The summed E-state index contributed by atoms with van der Waals surface area (Å²) in [5.74, 6) is 0. The molecule has 0 heteroatoms. The van der Waals surface area contributed by atoms with Crippen LogP contribution in [0.1, 0.15) is 25.8 Å². The summed E-state index contributed by atoms with van der Waals surface area (Å²) in [5.41, 5.74) is 2.73. The summed E-state index contributed by atoms with van der Waals surface area (Å²) in [5, 5.41) is 2.67. The second-order valence-electron chi connectivity index (χ2n) is 3.82. The molecule has 15 heavy (non-hydrogen) atoms. The Bertz CT molecular complexity index is 487. The van der Waals surface area contributed by atoms with Crippen LogP contribution in [0.5, 0.6) is 0 Å². The van der Waals surface area contributed by atoms with Gasteiger partial charge in [-0.1, -0.05) is 55.5 Å². The molecule has 2 aromatic rings. The number of benzene rings is 2. The molecule has 0 unspecified atom stereocenters. The van der Waals surface area contributed by atoms with E-state index in [4.69, 9.17) is 0 Å². The van der Waals surface area contributed by atoms with Gasteiger partial charge in [-0.05, 0) is 35.3 Å². The molecule has 2 rings (SSSR count). The van der Waals surface area contributed by atoms with Crippen LogP contribution in [0, 0.1) is 0 Å². The van der Waals surface area contributed by atoms with Gasteiger partial charge in [0.2, 0.25) is 0 Å². The molecule has 0 aliphatic heterocycles. The van der Waals surface area contributed by atoms with E-state index in [0.29, 0.717) is 0 Å². The molecule has 76 valence electrons. The summed E-state index contributed by atoms with van der Waals surface area (Å²) in [4.78, 5) is 0. The highest BCUT2D eigenvalue weighted by Gasteiger charge is 2.00. The van der Waals surface area contributed by atoms with Gasteiger partial charge in [0, 0.05) is 0 Å². The first-order chi connectivity index (χ1) is 7.33. The normalized spacial score (nSPS) is 12.0. The van der Waals surface area contributed by atoms with E-state index in [9.17, 15) is 0 Å². The largest absolute Gasteiger partial charge is 0.0813 e. The molecule has 0 N–H and O–H groups in total. The van der Waals surface area contributed by atoms with Crippen molar-refractivity contribution in [1.82, 2.24) is 0 Å². The Kier molecular flexibility index (Phi) is 2.86. The molecule has 0 atom stereocenters. The molecule has 0 bridgehead atoms. The Morgan fingerprint density at radius 2 is 1.80 bits per heavy atom. The lowest BCUT2D eigenvalue weighted by Gasteiger charge is -2.06. The molecule has 0 aromatic heterocycles. The zero-order chi connectivity index (χ0) is 10.7. The minimum atomic E-state index is 1.09. The van der Waals surface area contributed by atoms with Crippen LogP contribution >= 0.6 is 0 Å². The number of fused-ring (bicyclic) bond motifs is 1. The van der Waals surface area contributed by atoms with Crippen LogP contribution in [0.25, 0.3) is 16.3 Å². The fraction of sp³-hybridized carbons (Fsp3) is 0.200. The summed E-state index contributed by atoms with van der Waals surface area (Å²) in [6.07, 6.45) is 3.37. The number of allylic oxidation sites excluding steroid dienone is 2. The minimum absolute atomic E-state index is 1.09. The van der Waals surface area contributed by atoms with Crippen molar-refractivity contribution < 1.29 is 0 Å². The zero-order valence-electron chi connectivity index (χ0n) is 9.33. The van der Waals surface area contributed by atoms with Gasteiger partial charge in [0.1, 0.15) is 0 Å². The van der Waals surface area contributed by atoms with E-state index in [1.54, 1.807) is 0 Å². The molecule has 0 aliphatic rings. The maximum Gasteiger partial charge on any atom is -0.0109 e. The van der Waals surface area contributed by atoms with Gasteiger partial charge in [0.25, 0.3) is 0 Å². The molecule has 0 radical (unpaired) electrons. The maximum absolute atomic E-state index is 2.28. The van der Waals surface area contributed by atoms with E-state index in [-0.39, 0.29) is 0 Å². The van der Waals surface area contributed by atoms with Gasteiger partial charge in [-0.15, -0.1) is 0 Å². The molecule has 0 saturated heterocycles. The predicted molar refractivity (Wildman–Crippen MR) is 67.9 cm³/mol. The molecule has 0 amide bonds. The van der Waals surface area contributed by atoms with Gasteiger partial charge < -0.3 is 0 Å². The smallest absolute Gasteiger partial charge is 0.0109 e.